The van der Waals surface area contributed by atoms with E-state index in [1.807, 2.05) is 0 Å². The van der Waals surface area contributed by atoms with Crippen LogP contribution in [0.4, 0.5) is 0 Å². The standard InChI is InChI=1S/C11H21N/c1-9-7-10-5-3-4-6-11(10)12(2)8-9/h9-11H,3-8H2,1-2H3/t9-,10-,11-/m1/s1. The Labute approximate surface area is 76.1 Å². The largest absolute Gasteiger partial charge is 0.303 e. The summed E-state index contributed by atoms with van der Waals surface area (Å²) in [5.41, 5.74) is 0. The molecule has 1 nitrogen and oxygen atoms in total. The Bertz CT molecular complexity index is 155. The van der Waals surface area contributed by atoms with Gasteiger partial charge in [-0.25, -0.2) is 0 Å². The molecular weight excluding hydrogens is 146 g/mol. The second kappa shape index (κ2) is 3.37. The molecule has 2 rings (SSSR count). The number of piperidine rings is 1. The molecule has 0 aromatic heterocycles. The molecule has 0 spiro atoms. The summed E-state index contributed by atoms with van der Waals surface area (Å²) in [5.74, 6) is 1.97. The van der Waals surface area contributed by atoms with E-state index in [1.165, 1.54) is 38.6 Å². The van der Waals surface area contributed by atoms with Crippen LogP contribution in [0.3, 0.4) is 0 Å². The van der Waals surface area contributed by atoms with E-state index < -0.39 is 0 Å². The summed E-state index contributed by atoms with van der Waals surface area (Å²) in [6.07, 6.45) is 7.42. The molecule has 2 fully saturated rings. The number of likely N-dealkylation sites (tertiary alicyclic amines) is 1. The average molecular weight is 167 g/mol. The van der Waals surface area contributed by atoms with Crippen molar-refractivity contribution in [2.24, 2.45) is 11.8 Å². The predicted octanol–water partition coefficient (Wildman–Crippen LogP) is 2.52. The molecule has 1 saturated carbocycles. The van der Waals surface area contributed by atoms with Crippen LogP contribution in [0.5, 0.6) is 0 Å². The summed E-state index contributed by atoms with van der Waals surface area (Å²) in [6.45, 7) is 3.74. The number of rotatable bonds is 0. The predicted molar refractivity (Wildman–Crippen MR) is 52.2 cm³/mol. The first-order chi connectivity index (χ1) is 5.77. The van der Waals surface area contributed by atoms with E-state index in [0.29, 0.717) is 0 Å². The van der Waals surface area contributed by atoms with Gasteiger partial charge >= 0.3 is 0 Å². The van der Waals surface area contributed by atoms with E-state index in [1.54, 1.807) is 0 Å². The summed E-state index contributed by atoms with van der Waals surface area (Å²) < 4.78 is 0. The van der Waals surface area contributed by atoms with E-state index in [-0.39, 0.29) is 0 Å². The van der Waals surface area contributed by atoms with E-state index in [4.69, 9.17) is 0 Å². The molecule has 0 bridgehead atoms. The van der Waals surface area contributed by atoms with Crippen molar-refractivity contribution in [3.63, 3.8) is 0 Å². The molecule has 0 unspecified atom stereocenters. The lowest BCUT2D eigenvalue weighted by Crippen LogP contribution is -2.47. The van der Waals surface area contributed by atoms with Crippen LogP contribution in [-0.4, -0.2) is 24.5 Å². The van der Waals surface area contributed by atoms with Crippen molar-refractivity contribution in [1.82, 2.24) is 4.90 Å². The quantitative estimate of drug-likeness (QED) is 0.536. The van der Waals surface area contributed by atoms with Crippen molar-refractivity contribution in [1.29, 1.82) is 0 Å². The van der Waals surface area contributed by atoms with Crippen LogP contribution in [0, 0.1) is 11.8 Å². The molecule has 1 aliphatic heterocycles. The lowest BCUT2D eigenvalue weighted by atomic mass is 9.76. The molecule has 1 saturated heterocycles. The summed E-state index contributed by atoms with van der Waals surface area (Å²) in [7, 11) is 2.32. The highest BCUT2D eigenvalue weighted by Crippen LogP contribution is 2.36. The number of fused-ring (bicyclic) bond motifs is 1. The molecule has 1 heteroatoms. The summed E-state index contributed by atoms with van der Waals surface area (Å²) in [4.78, 5) is 2.61. The van der Waals surface area contributed by atoms with Crippen molar-refractivity contribution in [3.05, 3.63) is 0 Å². The van der Waals surface area contributed by atoms with Gasteiger partial charge in [-0.2, -0.15) is 0 Å². The van der Waals surface area contributed by atoms with Crippen molar-refractivity contribution < 1.29 is 0 Å². The summed E-state index contributed by atoms with van der Waals surface area (Å²) >= 11 is 0. The Balaban J connectivity index is 2.01. The Morgan fingerprint density at radius 2 is 1.92 bits per heavy atom. The average Bonchev–Trinajstić information content (AvgIpc) is 2.04. The van der Waals surface area contributed by atoms with Gasteiger partial charge in [-0.1, -0.05) is 19.8 Å². The highest BCUT2D eigenvalue weighted by atomic mass is 15.1. The summed E-state index contributed by atoms with van der Waals surface area (Å²) in [6, 6.07) is 0.940. The number of nitrogens with zero attached hydrogens (tertiary/aromatic N) is 1. The van der Waals surface area contributed by atoms with Gasteiger partial charge in [0.15, 0.2) is 0 Å². The first-order valence-electron chi connectivity index (χ1n) is 5.47. The molecule has 1 aliphatic carbocycles. The van der Waals surface area contributed by atoms with Crippen molar-refractivity contribution in [3.8, 4) is 0 Å². The minimum atomic E-state index is 0.939. The maximum atomic E-state index is 2.61. The fraction of sp³-hybridized carbons (Fsp3) is 1.00. The van der Waals surface area contributed by atoms with Gasteiger partial charge in [0.2, 0.25) is 0 Å². The second-order valence-electron chi connectivity index (χ2n) is 4.89. The summed E-state index contributed by atoms with van der Waals surface area (Å²) in [5, 5.41) is 0. The van der Waals surface area contributed by atoms with Gasteiger partial charge in [0, 0.05) is 12.6 Å². The van der Waals surface area contributed by atoms with Gasteiger partial charge in [-0.3, -0.25) is 0 Å². The SMILES string of the molecule is C[C@@H]1C[C@H]2CCCC[C@H]2N(C)C1. The highest BCUT2D eigenvalue weighted by Gasteiger charge is 2.33. The molecule has 0 radical (unpaired) electrons. The topological polar surface area (TPSA) is 3.24 Å². The zero-order valence-corrected chi connectivity index (χ0v) is 8.42. The monoisotopic (exact) mass is 167 g/mol. The van der Waals surface area contributed by atoms with Gasteiger partial charge in [-0.15, -0.1) is 0 Å². The van der Waals surface area contributed by atoms with E-state index in [0.717, 1.165) is 17.9 Å². The lowest BCUT2D eigenvalue weighted by Gasteiger charge is -2.44. The van der Waals surface area contributed by atoms with Crippen molar-refractivity contribution >= 4 is 0 Å². The smallest absolute Gasteiger partial charge is 0.0121 e. The van der Waals surface area contributed by atoms with Crippen LogP contribution in [0.15, 0.2) is 0 Å². The van der Waals surface area contributed by atoms with E-state index in [9.17, 15) is 0 Å². The Morgan fingerprint density at radius 1 is 1.17 bits per heavy atom. The van der Waals surface area contributed by atoms with Gasteiger partial charge in [0.05, 0.1) is 0 Å². The molecule has 2 aliphatic rings. The molecule has 0 N–H and O–H groups in total. The molecule has 12 heavy (non-hydrogen) atoms. The minimum Gasteiger partial charge on any atom is -0.303 e. The second-order valence-corrected chi connectivity index (χ2v) is 4.89. The number of hydrogen-bond donors (Lipinski definition) is 0. The van der Waals surface area contributed by atoms with Crippen LogP contribution in [0.2, 0.25) is 0 Å². The molecule has 3 atom stereocenters. The molecule has 0 aromatic rings. The van der Waals surface area contributed by atoms with E-state index in [2.05, 4.69) is 18.9 Å². The van der Waals surface area contributed by atoms with Gasteiger partial charge < -0.3 is 4.90 Å². The van der Waals surface area contributed by atoms with Gasteiger partial charge in [0.25, 0.3) is 0 Å². The van der Waals surface area contributed by atoms with Gasteiger partial charge in [0.1, 0.15) is 0 Å². The third-order valence-corrected chi connectivity index (χ3v) is 3.74. The van der Waals surface area contributed by atoms with Crippen molar-refractivity contribution in [2.75, 3.05) is 13.6 Å². The third-order valence-electron chi connectivity index (χ3n) is 3.74. The van der Waals surface area contributed by atoms with Crippen LogP contribution < -0.4 is 0 Å². The molecule has 0 amide bonds. The van der Waals surface area contributed by atoms with Crippen LogP contribution in [0.1, 0.15) is 39.0 Å². The first-order valence-corrected chi connectivity index (χ1v) is 5.47. The molecule has 0 aromatic carbocycles. The minimum absolute atomic E-state index is 0.939. The third kappa shape index (κ3) is 1.52. The fourth-order valence-electron chi connectivity index (χ4n) is 3.26. The molecule has 70 valence electrons. The van der Waals surface area contributed by atoms with E-state index >= 15 is 0 Å². The fourth-order valence-corrected chi connectivity index (χ4v) is 3.26. The number of hydrogen-bond acceptors (Lipinski definition) is 1. The van der Waals surface area contributed by atoms with Crippen LogP contribution in [0.25, 0.3) is 0 Å². The zero-order chi connectivity index (χ0) is 8.55. The maximum Gasteiger partial charge on any atom is 0.0121 e. The Morgan fingerprint density at radius 3 is 2.75 bits per heavy atom. The van der Waals surface area contributed by atoms with Crippen LogP contribution in [-0.2, 0) is 0 Å². The van der Waals surface area contributed by atoms with Crippen molar-refractivity contribution in [2.45, 2.75) is 45.1 Å². The lowest BCUT2D eigenvalue weighted by molar-refractivity contribution is 0.0544. The van der Waals surface area contributed by atoms with Crippen LogP contribution >= 0.6 is 0 Å². The zero-order valence-electron chi connectivity index (χ0n) is 8.42. The molecule has 1 heterocycles. The Kier molecular flexibility index (Phi) is 2.40. The normalized spacial score (nSPS) is 44.0. The first kappa shape index (κ1) is 8.55. The highest BCUT2D eigenvalue weighted by molar-refractivity contribution is 4.87. The van der Waals surface area contributed by atoms with Gasteiger partial charge in [-0.05, 0) is 38.1 Å². The molecular formula is C11H21N. The Hall–Kier alpha value is -0.0400. The maximum absolute atomic E-state index is 2.61.